The van der Waals surface area contributed by atoms with Gasteiger partial charge in [-0.1, -0.05) is 61.3 Å². The summed E-state index contributed by atoms with van der Waals surface area (Å²) in [6.07, 6.45) is 8.04. The summed E-state index contributed by atoms with van der Waals surface area (Å²) < 4.78 is 0. The van der Waals surface area contributed by atoms with Crippen LogP contribution in [0, 0.1) is 0 Å². The molecule has 0 fully saturated rings. The molecule has 0 aliphatic heterocycles. The van der Waals surface area contributed by atoms with Crippen LogP contribution in [0.1, 0.15) is 93.9 Å². The zero-order valence-electron chi connectivity index (χ0n) is 15.3. The molecule has 0 spiro atoms. The quantitative estimate of drug-likeness (QED) is 0.537. The number of unbranched alkanes of at least 4 members (excludes halogenated alkanes) is 1. The second-order valence-electron chi connectivity index (χ2n) is 4.43. The first-order valence-corrected chi connectivity index (χ1v) is 8.63. The van der Waals surface area contributed by atoms with E-state index in [2.05, 4.69) is 26.1 Å². The second kappa shape index (κ2) is 20.5. The molecule has 0 aliphatic carbocycles. The van der Waals surface area contributed by atoms with E-state index >= 15 is 0 Å². The molecule has 0 amide bonds. The van der Waals surface area contributed by atoms with Crippen LogP contribution < -0.4 is 5.32 Å². The van der Waals surface area contributed by atoms with Gasteiger partial charge in [-0.05, 0) is 26.2 Å². The topological polar surface area (TPSA) is 29.1 Å². The van der Waals surface area contributed by atoms with Gasteiger partial charge < -0.3 is 5.32 Å². The average Bonchev–Trinajstić information content (AvgIpc) is 2.49. The first kappa shape index (κ1) is 24.2. The number of carbonyl (C=O) groups is 1. The van der Waals surface area contributed by atoms with Gasteiger partial charge in [-0.3, -0.25) is 4.79 Å². The maximum Gasteiger partial charge on any atom is 0.157 e. The zero-order valence-corrected chi connectivity index (χ0v) is 15.3. The molecule has 0 aromatic rings. The van der Waals surface area contributed by atoms with Gasteiger partial charge in [0, 0.05) is 24.2 Å². The Labute approximate surface area is 128 Å². The van der Waals surface area contributed by atoms with Crippen molar-refractivity contribution in [2.45, 2.75) is 100.0 Å². The molecule has 0 aliphatic rings. The summed E-state index contributed by atoms with van der Waals surface area (Å²) in [5, 5.41) is 3.46. The third-order valence-corrected chi connectivity index (χ3v) is 2.64. The van der Waals surface area contributed by atoms with Crippen molar-refractivity contribution in [3.63, 3.8) is 0 Å². The summed E-state index contributed by atoms with van der Waals surface area (Å²) in [6.45, 7) is 16.4. The highest BCUT2D eigenvalue weighted by atomic mass is 16.1. The van der Waals surface area contributed by atoms with E-state index in [9.17, 15) is 4.79 Å². The van der Waals surface area contributed by atoms with Gasteiger partial charge in [0.1, 0.15) is 0 Å². The summed E-state index contributed by atoms with van der Waals surface area (Å²) in [4.78, 5) is 11.4. The van der Waals surface area contributed by atoms with Crippen molar-refractivity contribution in [2.24, 2.45) is 0 Å². The standard InChI is InChI=1S/C14H27NO.2C2H6/c1-5-8-10-13(11-14(16)7-3)15-12(4)9-6-2;2*1-2/h11-12,15H,5-10H2,1-4H3;2*1-2H3/b13-11-;;. The van der Waals surface area contributed by atoms with E-state index < -0.39 is 0 Å². The number of hydrogen-bond donors (Lipinski definition) is 1. The molecule has 0 heterocycles. The minimum Gasteiger partial charge on any atom is -0.386 e. The molecule has 2 nitrogen and oxygen atoms in total. The van der Waals surface area contributed by atoms with E-state index in [1.165, 1.54) is 12.8 Å². The maximum atomic E-state index is 11.4. The number of ketones is 1. The Hall–Kier alpha value is -0.790. The molecule has 2 heteroatoms. The molecule has 20 heavy (non-hydrogen) atoms. The molecule has 0 bridgehead atoms. The van der Waals surface area contributed by atoms with E-state index in [1.807, 2.05) is 34.6 Å². The van der Waals surface area contributed by atoms with Crippen molar-refractivity contribution < 1.29 is 4.79 Å². The Balaban J connectivity index is -0.000000656. The predicted octanol–water partition coefficient (Wildman–Crippen LogP) is 5.87. The van der Waals surface area contributed by atoms with Crippen LogP contribution in [0.15, 0.2) is 11.8 Å². The van der Waals surface area contributed by atoms with Crippen molar-refractivity contribution in [3.8, 4) is 0 Å². The van der Waals surface area contributed by atoms with Gasteiger partial charge in [0.2, 0.25) is 0 Å². The van der Waals surface area contributed by atoms with Gasteiger partial charge in [0.15, 0.2) is 5.78 Å². The van der Waals surface area contributed by atoms with Gasteiger partial charge in [-0.2, -0.15) is 0 Å². The summed E-state index contributed by atoms with van der Waals surface area (Å²) in [5.74, 6) is 0.224. The monoisotopic (exact) mass is 285 g/mol. The van der Waals surface area contributed by atoms with Crippen molar-refractivity contribution in [2.75, 3.05) is 0 Å². The van der Waals surface area contributed by atoms with Gasteiger partial charge in [0.05, 0.1) is 0 Å². The van der Waals surface area contributed by atoms with Crippen LogP contribution in [0.5, 0.6) is 0 Å². The van der Waals surface area contributed by atoms with Crippen molar-refractivity contribution >= 4 is 5.78 Å². The highest BCUT2D eigenvalue weighted by Crippen LogP contribution is 2.08. The highest BCUT2D eigenvalue weighted by Gasteiger charge is 2.04. The van der Waals surface area contributed by atoms with Crippen LogP contribution in [0.25, 0.3) is 0 Å². The van der Waals surface area contributed by atoms with E-state index in [0.717, 1.165) is 25.0 Å². The van der Waals surface area contributed by atoms with E-state index in [1.54, 1.807) is 6.08 Å². The lowest BCUT2D eigenvalue weighted by Crippen LogP contribution is -2.25. The Bertz CT molecular complexity index is 221. The van der Waals surface area contributed by atoms with Crippen LogP contribution >= 0.6 is 0 Å². The molecule has 122 valence electrons. The first-order valence-electron chi connectivity index (χ1n) is 8.63. The third kappa shape index (κ3) is 17.2. The van der Waals surface area contributed by atoms with Gasteiger partial charge in [-0.25, -0.2) is 0 Å². The van der Waals surface area contributed by atoms with Crippen LogP contribution in [0.3, 0.4) is 0 Å². The minimum atomic E-state index is 0.224. The Kier molecular flexibility index (Phi) is 24.9. The fraction of sp³-hybridized carbons (Fsp3) is 0.833. The summed E-state index contributed by atoms with van der Waals surface area (Å²) in [6, 6.07) is 0.470. The molecule has 0 rings (SSSR count). The lowest BCUT2D eigenvalue weighted by Gasteiger charge is -2.17. The number of hydrogen-bond acceptors (Lipinski definition) is 2. The Morgan fingerprint density at radius 1 is 1.05 bits per heavy atom. The molecule has 1 unspecified atom stereocenters. The van der Waals surface area contributed by atoms with Crippen LogP contribution in [-0.2, 0) is 4.79 Å². The number of rotatable bonds is 9. The predicted molar refractivity (Wildman–Crippen MR) is 93.1 cm³/mol. The third-order valence-electron chi connectivity index (χ3n) is 2.64. The molecule has 0 saturated heterocycles. The fourth-order valence-corrected chi connectivity index (χ4v) is 1.67. The van der Waals surface area contributed by atoms with E-state index in [-0.39, 0.29) is 5.78 Å². The molecule has 1 N–H and O–H groups in total. The summed E-state index contributed by atoms with van der Waals surface area (Å²) >= 11 is 0. The summed E-state index contributed by atoms with van der Waals surface area (Å²) in [7, 11) is 0. The lowest BCUT2D eigenvalue weighted by atomic mass is 10.1. The van der Waals surface area contributed by atoms with Gasteiger partial charge in [-0.15, -0.1) is 0 Å². The molecule has 0 radical (unpaired) electrons. The van der Waals surface area contributed by atoms with Crippen LogP contribution in [0.2, 0.25) is 0 Å². The first-order chi connectivity index (χ1) is 9.63. The average molecular weight is 286 g/mol. The Morgan fingerprint density at radius 3 is 2.00 bits per heavy atom. The van der Waals surface area contributed by atoms with Crippen molar-refractivity contribution in [3.05, 3.63) is 11.8 Å². The number of carbonyl (C=O) groups excluding carboxylic acids is 1. The maximum absolute atomic E-state index is 11.4. The van der Waals surface area contributed by atoms with E-state index in [0.29, 0.717) is 12.5 Å². The molecule has 0 saturated carbocycles. The van der Waals surface area contributed by atoms with Gasteiger partial charge >= 0.3 is 0 Å². The van der Waals surface area contributed by atoms with Crippen LogP contribution in [-0.4, -0.2) is 11.8 Å². The molecule has 0 aromatic carbocycles. The molecular formula is C18H39NO. The smallest absolute Gasteiger partial charge is 0.157 e. The van der Waals surface area contributed by atoms with Crippen molar-refractivity contribution in [1.29, 1.82) is 0 Å². The number of allylic oxidation sites excluding steroid dienone is 2. The molecule has 0 aromatic heterocycles. The lowest BCUT2D eigenvalue weighted by molar-refractivity contribution is -0.114. The molecule has 1 atom stereocenters. The normalized spacial score (nSPS) is 11.5. The molecular weight excluding hydrogens is 246 g/mol. The van der Waals surface area contributed by atoms with Crippen LogP contribution in [0.4, 0.5) is 0 Å². The highest BCUT2D eigenvalue weighted by molar-refractivity contribution is 5.89. The minimum absolute atomic E-state index is 0.224. The van der Waals surface area contributed by atoms with Gasteiger partial charge in [0.25, 0.3) is 0 Å². The zero-order chi connectivity index (χ0) is 16.4. The SMILES string of the molecule is CC.CC.CCCC/C(=C/C(=O)CC)NC(C)CCC. The summed E-state index contributed by atoms with van der Waals surface area (Å²) in [5.41, 5.74) is 1.12. The second-order valence-corrected chi connectivity index (χ2v) is 4.43. The largest absolute Gasteiger partial charge is 0.386 e. The van der Waals surface area contributed by atoms with Crippen molar-refractivity contribution in [1.82, 2.24) is 5.32 Å². The van der Waals surface area contributed by atoms with E-state index in [4.69, 9.17) is 0 Å². The fourth-order valence-electron chi connectivity index (χ4n) is 1.67. The Morgan fingerprint density at radius 2 is 1.60 bits per heavy atom. The number of nitrogens with one attached hydrogen (secondary N) is 1.